The van der Waals surface area contributed by atoms with E-state index in [0.29, 0.717) is 5.92 Å². The highest BCUT2D eigenvalue weighted by molar-refractivity contribution is 4.97. The fourth-order valence-corrected chi connectivity index (χ4v) is 3.03. The van der Waals surface area contributed by atoms with Gasteiger partial charge in [0.15, 0.2) is 5.82 Å². The Hall–Kier alpha value is -0.900. The second-order valence-corrected chi connectivity index (χ2v) is 5.43. The van der Waals surface area contributed by atoms with Gasteiger partial charge in [-0.3, -0.25) is 0 Å². The highest BCUT2D eigenvalue weighted by Gasteiger charge is 2.24. The van der Waals surface area contributed by atoms with Crippen LogP contribution in [0.3, 0.4) is 0 Å². The SMILES string of the molecule is C1CCC(c2nc(CC3CCNCC3)no2)C1. The van der Waals surface area contributed by atoms with E-state index in [1.807, 2.05) is 0 Å². The van der Waals surface area contributed by atoms with Crippen molar-refractivity contribution in [3.63, 3.8) is 0 Å². The first-order chi connectivity index (χ1) is 8.42. The van der Waals surface area contributed by atoms with Crippen LogP contribution in [0.2, 0.25) is 0 Å². The standard InChI is InChI=1S/C13H21N3O/c1-2-4-11(3-1)13-15-12(16-17-13)9-10-5-7-14-8-6-10/h10-11,14H,1-9H2. The van der Waals surface area contributed by atoms with Crippen LogP contribution in [0, 0.1) is 5.92 Å². The van der Waals surface area contributed by atoms with Crippen LogP contribution < -0.4 is 5.32 Å². The van der Waals surface area contributed by atoms with Gasteiger partial charge in [0.2, 0.25) is 5.89 Å². The Bertz CT molecular complexity index is 351. The summed E-state index contributed by atoms with van der Waals surface area (Å²) >= 11 is 0. The molecule has 2 fully saturated rings. The lowest BCUT2D eigenvalue weighted by atomic mass is 9.94. The van der Waals surface area contributed by atoms with Crippen LogP contribution in [-0.4, -0.2) is 23.2 Å². The van der Waals surface area contributed by atoms with Gasteiger partial charge in [-0.05, 0) is 44.7 Å². The van der Waals surface area contributed by atoms with E-state index in [1.54, 1.807) is 0 Å². The van der Waals surface area contributed by atoms with Crippen molar-refractivity contribution in [2.75, 3.05) is 13.1 Å². The van der Waals surface area contributed by atoms with Crippen LogP contribution in [0.5, 0.6) is 0 Å². The number of hydrogen-bond acceptors (Lipinski definition) is 4. The molecule has 0 atom stereocenters. The molecule has 1 saturated carbocycles. The summed E-state index contributed by atoms with van der Waals surface area (Å²) < 4.78 is 5.41. The zero-order valence-corrected chi connectivity index (χ0v) is 10.3. The highest BCUT2D eigenvalue weighted by Crippen LogP contribution is 2.33. The summed E-state index contributed by atoms with van der Waals surface area (Å²) in [5.74, 6) is 3.11. The van der Waals surface area contributed by atoms with Crippen molar-refractivity contribution < 1.29 is 4.52 Å². The molecule has 0 radical (unpaired) electrons. The van der Waals surface area contributed by atoms with Crippen LogP contribution in [0.25, 0.3) is 0 Å². The maximum Gasteiger partial charge on any atom is 0.229 e. The molecule has 0 amide bonds. The minimum Gasteiger partial charge on any atom is -0.339 e. The van der Waals surface area contributed by atoms with Crippen LogP contribution in [0.1, 0.15) is 56.2 Å². The van der Waals surface area contributed by atoms with Gasteiger partial charge in [0.05, 0.1) is 0 Å². The average Bonchev–Trinajstić information content (AvgIpc) is 3.00. The van der Waals surface area contributed by atoms with Crippen molar-refractivity contribution in [1.29, 1.82) is 0 Å². The summed E-state index contributed by atoms with van der Waals surface area (Å²) in [6.45, 7) is 2.27. The van der Waals surface area contributed by atoms with E-state index in [-0.39, 0.29) is 0 Å². The van der Waals surface area contributed by atoms with Gasteiger partial charge in [0, 0.05) is 12.3 Å². The molecule has 2 heterocycles. The lowest BCUT2D eigenvalue weighted by Gasteiger charge is -2.20. The molecule has 4 nitrogen and oxygen atoms in total. The van der Waals surface area contributed by atoms with E-state index >= 15 is 0 Å². The monoisotopic (exact) mass is 235 g/mol. The number of hydrogen-bond donors (Lipinski definition) is 1. The van der Waals surface area contributed by atoms with Crippen LogP contribution in [-0.2, 0) is 6.42 Å². The summed E-state index contributed by atoms with van der Waals surface area (Å²) in [5.41, 5.74) is 0. The molecule has 1 saturated heterocycles. The van der Waals surface area contributed by atoms with Gasteiger partial charge in [-0.2, -0.15) is 4.98 Å². The smallest absolute Gasteiger partial charge is 0.229 e. The number of nitrogens with zero attached hydrogens (tertiary/aromatic N) is 2. The first-order valence-corrected chi connectivity index (χ1v) is 6.95. The van der Waals surface area contributed by atoms with E-state index in [2.05, 4.69) is 15.5 Å². The molecule has 1 aliphatic heterocycles. The predicted molar refractivity (Wildman–Crippen MR) is 64.8 cm³/mol. The Morgan fingerprint density at radius 2 is 1.88 bits per heavy atom. The zero-order chi connectivity index (χ0) is 11.5. The average molecular weight is 235 g/mol. The van der Waals surface area contributed by atoms with Crippen LogP contribution >= 0.6 is 0 Å². The molecule has 4 heteroatoms. The summed E-state index contributed by atoms with van der Waals surface area (Å²) in [6, 6.07) is 0. The predicted octanol–water partition coefficient (Wildman–Crippen LogP) is 2.27. The lowest BCUT2D eigenvalue weighted by molar-refractivity contribution is 0.337. The maximum atomic E-state index is 5.41. The van der Waals surface area contributed by atoms with Crippen molar-refractivity contribution in [2.24, 2.45) is 5.92 Å². The minimum absolute atomic E-state index is 0.546. The molecule has 94 valence electrons. The Kier molecular flexibility index (Phi) is 3.41. The fourth-order valence-electron chi connectivity index (χ4n) is 3.03. The molecule has 1 N–H and O–H groups in total. The first-order valence-electron chi connectivity index (χ1n) is 6.95. The third-order valence-electron chi connectivity index (χ3n) is 4.12. The molecule has 1 aliphatic carbocycles. The van der Waals surface area contributed by atoms with Crippen molar-refractivity contribution in [3.05, 3.63) is 11.7 Å². The molecule has 0 unspecified atom stereocenters. The molecule has 0 aromatic carbocycles. The van der Waals surface area contributed by atoms with E-state index in [4.69, 9.17) is 4.52 Å². The molecule has 1 aromatic heterocycles. The quantitative estimate of drug-likeness (QED) is 0.873. The molecular formula is C13H21N3O. The number of aromatic nitrogens is 2. The third kappa shape index (κ3) is 2.68. The highest BCUT2D eigenvalue weighted by atomic mass is 16.5. The maximum absolute atomic E-state index is 5.41. The van der Waals surface area contributed by atoms with Gasteiger partial charge >= 0.3 is 0 Å². The van der Waals surface area contributed by atoms with Gasteiger partial charge in [-0.25, -0.2) is 0 Å². The summed E-state index contributed by atoms with van der Waals surface area (Å²) in [5, 5.41) is 7.53. The molecule has 1 aromatic rings. The van der Waals surface area contributed by atoms with Gasteiger partial charge in [0.1, 0.15) is 0 Å². The minimum atomic E-state index is 0.546. The van der Waals surface area contributed by atoms with Crippen molar-refractivity contribution in [1.82, 2.24) is 15.5 Å². The molecule has 0 spiro atoms. The van der Waals surface area contributed by atoms with Gasteiger partial charge < -0.3 is 9.84 Å². The van der Waals surface area contributed by atoms with Gasteiger partial charge in [-0.15, -0.1) is 0 Å². The molecule has 2 aliphatic rings. The third-order valence-corrected chi connectivity index (χ3v) is 4.12. The van der Waals surface area contributed by atoms with E-state index in [9.17, 15) is 0 Å². The molecular weight excluding hydrogens is 214 g/mol. The van der Waals surface area contributed by atoms with E-state index in [0.717, 1.165) is 37.1 Å². The van der Waals surface area contributed by atoms with Crippen LogP contribution in [0.4, 0.5) is 0 Å². The summed E-state index contributed by atoms with van der Waals surface area (Å²) in [4.78, 5) is 4.59. The van der Waals surface area contributed by atoms with E-state index < -0.39 is 0 Å². The number of rotatable bonds is 3. The Morgan fingerprint density at radius 1 is 1.12 bits per heavy atom. The van der Waals surface area contributed by atoms with Crippen molar-refractivity contribution >= 4 is 0 Å². The fraction of sp³-hybridized carbons (Fsp3) is 0.846. The largest absolute Gasteiger partial charge is 0.339 e. The van der Waals surface area contributed by atoms with Crippen molar-refractivity contribution in [2.45, 2.75) is 50.9 Å². The zero-order valence-electron chi connectivity index (χ0n) is 10.3. The van der Waals surface area contributed by atoms with Gasteiger partial charge in [0.25, 0.3) is 0 Å². The molecule has 3 rings (SSSR count). The second kappa shape index (κ2) is 5.17. The van der Waals surface area contributed by atoms with E-state index in [1.165, 1.54) is 38.5 Å². The molecule has 17 heavy (non-hydrogen) atoms. The topological polar surface area (TPSA) is 51.0 Å². The van der Waals surface area contributed by atoms with Crippen molar-refractivity contribution in [3.8, 4) is 0 Å². The molecule has 0 bridgehead atoms. The Labute approximate surface area is 102 Å². The normalized spacial score (nSPS) is 23.3. The number of piperidine rings is 1. The first kappa shape index (κ1) is 11.2. The lowest BCUT2D eigenvalue weighted by Crippen LogP contribution is -2.28. The van der Waals surface area contributed by atoms with Crippen LogP contribution in [0.15, 0.2) is 4.52 Å². The summed E-state index contributed by atoms with van der Waals surface area (Å²) in [6.07, 6.45) is 8.58. The Morgan fingerprint density at radius 3 is 2.65 bits per heavy atom. The van der Waals surface area contributed by atoms with Gasteiger partial charge in [-0.1, -0.05) is 18.0 Å². The number of nitrogens with one attached hydrogen (secondary N) is 1. The Balaban J connectivity index is 1.59. The summed E-state index contributed by atoms with van der Waals surface area (Å²) in [7, 11) is 0. The second-order valence-electron chi connectivity index (χ2n) is 5.43.